The Morgan fingerprint density at radius 3 is 2.39 bits per heavy atom. The molecule has 0 saturated heterocycles. The summed E-state index contributed by atoms with van der Waals surface area (Å²) < 4.78 is 20.8. The Morgan fingerprint density at radius 2 is 1.75 bits per heavy atom. The highest BCUT2D eigenvalue weighted by Crippen LogP contribution is 2.28. The fourth-order valence-corrected chi connectivity index (χ4v) is 2.62. The predicted molar refractivity (Wildman–Crippen MR) is 102 cm³/mol. The lowest BCUT2D eigenvalue weighted by Crippen LogP contribution is -2.06. The van der Waals surface area contributed by atoms with Crippen LogP contribution >= 0.6 is 0 Å². The summed E-state index contributed by atoms with van der Waals surface area (Å²) in [5.74, 6) is 1.57. The smallest absolute Gasteiger partial charge is 0.338 e. The normalized spacial score (nSPS) is 10.8. The molecule has 28 heavy (non-hydrogen) atoms. The molecule has 0 amide bonds. The quantitative estimate of drug-likeness (QED) is 0.565. The second-order valence-corrected chi connectivity index (χ2v) is 6.43. The van der Waals surface area contributed by atoms with E-state index in [1.54, 1.807) is 18.2 Å². The number of methoxy groups -OCH3 is 2. The topological polar surface area (TPSA) is 83.7 Å². The number of esters is 1. The maximum absolute atomic E-state index is 12.3. The fourth-order valence-electron chi connectivity index (χ4n) is 2.62. The molecule has 3 aromatic rings. The molecule has 2 aromatic carbocycles. The average Bonchev–Trinajstić information content (AvgIpc) is 3.20. The lowest BCUT2D eigenvalue weighted by atomic mass is 10.0. The van der Waals surface area contributed by atoms with Crippen LogP contribution in [0.3, 0.4) is 0 Å². The van der Waals surface area contributed by atoms with Crippen LogP contribution in [0, 0.1) is 0 Å². The minimum absolute atomic E-state index is 0.121. The van der Waals surface area contributed by atoms with Gasteiger partial charge in [-0.2, -0.15) is 4.98 Å². The highest BCUT2D eigenvalue weighted by Gasteiger charge is 2.15. The van der Waals surface area contributed by atoms with Gasteiger partial charge in [-0.05, 0) is 29.7 Å². The molecule has 0 fully saturated rings. The van der Waals surface area contributed by atoms with Gasteiger partial charge >= 0.3 is 5.97 Å². The molecule has 0 saturated carbocycles. The van der Waals surface area contributed by atoms with Crippen LogP contribution in [-0.2, 0) is 11.3 Å². The summed E-state index contributed by atoms with van der Waals surface area (Å²) >= 11 is 0. The number of rotatable bonds is 7. The van der Waals surface area contributed by atoms with Crippen molar-refractivity contribution in [1.82, 2.24) is 10.1 Å². The van der Waals surface area contributed by atoms with Crippen LogP contribution in [0.2, 0.25) is 0 Å². The summed E-state index contributed by atoms with van der Waals surface area (Å²) in [6.45, 7) is 4.15. The lowest BCUT2D eigenvalue weighted by molar-refractivity contribution is 0.0429. The third-order valence-corrected chi connectivity index (χ3v) is 4.25. The van der Waals surface area contributed by atoms with Gasteiger partial charge in [0, 0.05) is 5.56 Å². The molecule has 146 valence electrons. The van der Waals surface area contributed by atoms with Crippen molar-refractivity contribution in [1.29, 1.82) is 0 Å². The van der Waals surface area contributed by atoms with Crippen LogP contribution in [0.25, 0.3) is 11.4 Å². The zero-order valence-corrected chi connectivity index (χ0v) is 16.3. The molecule has 0 radical (unpaired) electrons. The molecule has 3 rings (SSSR count). The van der Waals surface area contributed by atoms with E-state index in [2.05, 4.69) is 24.0 Å². The summed E-state index contributed by atoms with van der Waals surface area (Å²) in [6, 6.07) is 12.7. The highest BCUT2D eigenvalue weighted by atomic mass is 16.6. The van der Waals surface area contributed by atoms with Gasteiger partial charge in [-0.1, -0.05) is 43.3 Å². The molecule has 0 aliphatic carbocycles. The van der Waals surface area contributed by atoms with Gasteiger partial charge in [-0.3, -0.25) is 0 Å². The lowest BCUT2D eigenvalue weighted by Gasteiger charge is -2.08. The van der Waals surface area contributed by atoms with Crippen LogP contribution in [0.1, 0.15) is 41.6 Å². The summed E-state index contributed by atoms with van der Waals surface area (Å²) in [6.07, 6.45) is 0. The number of carbonyl (C=O) groups is 1. The van der Waals surface area contributed by atoms with Crippen molar-refractivity contribution in [2.45, 2.75) is 26.4 Å². The minimum atomic E-state index is -0.526. The van der Waals surface area contributed by atoms with E-state index < -0.39 is 5.97 Å². The molecule has 0 unspecified atom stereocenters. The molecule has 0 spiro atoms. The van der Waals surface area contributed by atoms with Crippen molar-refractivity contribution < 1.29 is 23.5 Å². The van der Waals surface area contributed by atoms with Crippen molar-refractivity contribution in [3.63, 3.8) is 0 Å². The Balaban J connectivity index is 1.65. The fraction of sp³-hybridized carbons (Fsp3) is 0.286. The Hall–Kier alpha value is -3.35. The van der Waals surface area contributed by atoms with E-state index in [-0.39, 0.29) is 12.5 Å². The zero-order valence-electron chi connectivity index (χ0n) is 16.3. The highest BCUT2D eigenvalue weighted by molar-refractivity contribution is 5.90. The van der Waals surface area contributed by atoms with Crippen LogP contribution in [0.5, 0.6) is 11.5 Å². The monoisotopic (exact) mass is 382 g/mol. The van der Waals surface area contributed by atoms with Crippen molar-refractivity contribution in [3.05, 3.63) is 59.5 Å². The van der Waals surface area contributed by atoms with E-state index in [1.807, 2.05) is 24.3 Å². The van der Waals surface area contributed by atoms with E-state index in [9.17, 15) is 4.79 Å². The van der Waals surface area contributed by atoms with E-state index >= 15 is 0 Å². The number of hydrogen-bond donors (Lipinski definition) is 0. The second-order valence-electron chi connectivity index (χ2n) is 6.43. The predicted octanol–water partition coefficient (Wildman–Crippen LogP) is 4.23. The largest absolute Gasteiger partial charge is 0.493 e. The van der Waals surface area contributed by atoms with E-state index in [1.165, 1.54) is 19.8 Å². The second kappa shape index (κ2) is 8.56. The molecule has 1 heterocycles. The van der Waals surface area contributed by atoms with Gasteiger partial charge < -0.3 is 18.7 Å². The molecule has 0 aliphatic rings. The van der Waals surface area contributed by atoms with Crippen LogP contribution in [0.4, 0.5) is 0 Å². The number of benzene rings is 2. The van der Waals surface area contributed by atoms with Gasteiger partial charge in [0.05, 0.1) is 19.8 Å². The van der Waals surface area contributed by atoms with Crippen LogP contribution < -0.4 is 9.47 Å². The zero-order chi connectivity index (χ0) is 20.1. The summed E-state index contributed by atoms with van der Waals surface area (Å²) in [5.41, 5.74) is 2.41. The SMILES string of the molecule is COc1ccc(C(=O)OCc2nc(-c3ccc(C(C)C)cc3)no2)cc1OC. The number of ether oxygens (including phenoxy) is 3. The van der Waals surface area contributed by atoms with Gasteiger partial charge in [0.1, 0.15) is 0 Å². The first-order chi connectivity index (χ1) is 13.5. The average molecular weight is 382 g/mol. The summed E-state index contributed by atoms with van der Waals surface area (Å²) in [5, 5.41) is 3.95. The molecular formula is C21H22N2O5. The molecule has 0 N–H and O–H groups in total. The maximum Gasteiger partial charge on any atom is 0.338 e. The van der Waals surface area contributed by atoms with Crippen LogP contribution in [-0.4, -0.2) is 30.3 Å². The molecule has 7 nitrogen and oxygen atoms in total. The Kier molecular flexibility index (Phi) is 5.93. The van der Waals surface area contributed by atoms with Crippen molar-refractivity contribution >= 4 is 5.97 Å². The molecular weight excluding hydrogens is 360 g/mol. The number of aromatic nitrogens is 2. The molecule has 7 heteroatoms. The Bertz CT molecular complexity index is 948. The first kappa shape index (κ1) is 19.4. The third-order valence-electron chi connectivity index (χ3n) is 4.25. The van der Waals surface area contributed by atoms with Gasteiger partial charge in [0.15, 0.2) is 18.1 Å². The van der Waals surface area contributed by atoms with Gasteiger partial charge in [0.25, 0.3) is 5.89 Å². The summed E-state index contributed by atoms with van der Waals surface area (Å²) in [4.78, 5) is 16.5. The van der Waals surface area contributed by atoms with Crippen molar-refractivity contribution in [2.24, 2.45) is 0 Å². The van der Waals surface area contributed by atoms with Gasteiger partial charge in [-0.15, -0.1) is 0 Å². The van der Waals surface area contributed by atoms with Gasteiger partial charge in [0.2, 0.25) is 5.82 Å². The number of carbonyl (C=O) groups excluding carboxylic acids is 1. The van der Waals surface area contributed by atoms with E-state index in [0.29, 0.717) is 28.8 Å². The van der Waals surface area contributed by atoms with Crippen molar-refractivity contribution in [3.8, 4) is 22.9 Å². The number of nitrogens with zero attached hydrogens (tertiary/aromatic N) is 2. The molecule has 0 atom stereocenters. The molecule has 1 aromatic heterocycles. The van der Waals surface area contributed by atoms with Crippen molar-refractivity contribution in [2.75, 3.05) is 14.2 Å². The molecule has 0 aliphatic heterocycles. The van der Waals surface area contributed by atoms with E-state index in [4.69, 9.17) is 18.7 Å². The number of hydrogen-bond acceptors (Lipinski definition) is 7. The summed E-state index contributed by atoms with van der Waals surface area (Å²) in [7, 11) is 3.03. The Morgan fingerprint density at radius 1 is 1.04 bits per heavy atom. The van der Waals surface area contributed by atoms with E-state index in [0.717, 1.165) is 5.56 Å². The van der Waals surface area contributed by atoms with Gasteiger partial charge in [-0.25, -0.2) is 4.79 Å². The minimum Gasteiger partial charge on any atom is -0.493 e. The first-order valence-corrected chi connectivity index (χ1v) is 8.84. The molecule has 0 bridgehead atoms. The maximum atomic E-state index is 12.3. The first-order valence-electron chi connectivity index (χ1n) is 8.84. The van der Waals surface area contributed by atoms with Crippen LogP contribution in [0.15, 0.2) is 47.0 Å². The standard InChI is InChI=1S/C21H22N2O5/c1-13(2)14-5-7-15(8-6-14)20-22-19(28-23-20)12-27-21(24)16-9-10-17(25-3)18(11-16)26-4/h5-11,13H,12H2,1-4H3. The Labute approximate surface area is 163 Å². The third kappa shape index (κ3) is 4.31.